The Bertz CT molecular complexity index is 1130. The van der Waals surface area contributed by atoms with Gasteiger partial charge < -0.3 is 18.7 Å². The normalized spacial score (nSPS) is 13.8. The zero-order chi connectivity index (χ0) is 21.1. The van der Waals surface area contributed by atoms with Crippen molar-refractivity contribution in [1.29, 1.82) is 0 Å². The predicted octanol–water partition coefficient (Wildman–Crippen LogP) is 3.54. The third kappa shape index (κ3) is 4.07. The number of allylic oxidation sites excluding steroid dienone is 1. The van der Waals surface area contributed by atoms with Crippen molar-refractivity contribution in [3.8, 4) is 17.4 Å². The SMILES string of the molecule is COc1cc(CCC(=O)Oc2cc(C)c3c(c2)O/C(=C\c2ccncc2)C3=O)on1. The van der Waals surface area contributed by atoms with Gasteiger partial charge in [0.15, 0.2) is 5.76 Å². The summed E-state index contributed by atoms with van der Waals surface area (Å²) in [5.74, 6) is 1.10. The molecule has 0 saturated carbocycles. The summed E-state index contributed by atoms with van der Waals surface area (Å²) in [5.41, 5.74) is 1.93. The van der Waals surface area contributed by atoms with Crippen LogP contribution in [0.4, 0.5) is 0 Å². The highest BCUT2D eigenvalue weighted by Gasteiger charge is 2.30. The topological polar surface area (TPSA) is 101 Å². The second-order valence-corrected chi connectivity index (χ2v) is 6.64. The van der Waals surface area contributed by atoms with Gasteiger partial charge in [-0.05, 0) is 47.5 Å². The number of rotatable bonds is 6. The molecule has 0 atom stereocenters. The monoisotopic (exact) mass is 406 g/mol. The number of Topliss-reactive ketones (excluding diaryl/α,β-unsaturated/α-hetero) is 1. The summed E-state index contributed by atoms with van der Waals surface area (Å²) in [7, 11) is 1.48. The summed E-state index contributed by atoms with van der Waals surface area (Å²) in [6.45, 7) is 1.77. The standard InChI is InChI=1S/C22H18N2O6/c1-13-9-16(28-20(25)4-3-15-12-19(27-2)24-30-15)11-17-21(13)22(26)18(29-17)10-14-5-7-23-8-6-14/h5-12H,3-4H2,1-2H3/b18-10-. The highest BCUT2D eigenvalue weighted by atomic mass is 16.5. The van der Waals surface area contributed by atoms with Gasteiger partial charge in [-0.3, -0.25) is 14.6 Å². The van der Waals surface area contributed by atoms with Crippen molar-refractivity contribution in [3.63, 3.8) is 0 Å². The third-order valence-electron chi connectivity index (χ3n) is 4.50. The van der Waals surface area contributed by atoms with Crippen LogP contribution in [0.2, 0.25) is 0 Å². The maximum Gasteiger partial charge on any atom is 0.311 e. The number of ether oxygens (including phenoxy) is 3. The second-order valence-electron chi connectivity index (χ2n) is 6.64. The van der Waals surface area contributed by atoms with Crippen LogP contribution in [-0.4, -0.2) is 29.0 Å². The molecule has 8 nitrogen and oxygen atoms in total. The Kier molecular flexibility index (Phi) is 5.30. The number of aryl methyl sites for hydroxylation is 2. The summed E-state index contributed by atoms with van der Waals surface area (Å²) in [6.07, 6.45) is 5.35. The molecule has 8 heteroatoms. The Morgan fingerprint density at radius 1 is 1.20 bits per heavy atom. The summed E-state index contributed by atoms with van der Waals surface area (Å²) < 4.78 is 21.1. The lowest BCUT2D eigenvalue weighted by Crippen LogP contribution is -2.09. The summed E-state index contributed by atoms with van der Waals surface area (Å²) in [4.78, 5) is 28.9. The average Bonchev–Trinajstić information content (AvgIpc) is 3.32. The van der Waals surface area contributed by atoms with Crippen molar-refractivity contribution in [2.75, 3.05) is 7.11 Å². The first-order valence-electron chi connectivity index (χ1n) is 9.22. The van der Waals surface area contributed by atoms with Gasteiger partial charge in [0.1, 0.15) is 17.3 Å². The van der Waals surface area contributed by atoms with Gasteiger partial charge in [0.2, 0.25) is 5.78 Å². The van der Waals surface area contributed by atoms with E-state index >= 15 is 0 Å². The lowest BCUT2D eigenvalue weighted by Gasteiger charge is -2.07. The largest absolute Gasteiger partial charge is 0.479 e. The molecule has 1 aromatic carbocycles. The third-order valence-corrected chi connectivity index (χ3v) is 4.50. The molecule has 0 spiro atoms. The van der Waals surface area contributed by atoms with Gasteiger partial charge in [-0.15, -0.1) is 0 Å². The fraction of sp³-hybridized carbons (Fsp3) is 0.182. The van der Waals surface area contributed by atoms with Gasteiger partial charge in [0, 0.05) is 30.9 Å². The molecule has 4 rings (SSSR count). The number of hydrogen-bond donors (Lipinski definition) is 0. The van der Waals surface area contributed by atoms with Crippen LogP contribution < -0.4 is 14.2 Å². The smallest absolute Gasteiger partial charge is 0.311 e. The molecule has 0 aliphatic carbocycles. The Morgan fingerprint density at radius 3 is 2.73 bits per heavy atom. The first kappa shape index (κ1) is 19.4. The fourth-order valence-electron chi connectivity index (χ4n) is 3.06. The number of carbonyl (C=O) groups excluding carboxylic acids is 2. The molecule has 1 aliphatic heterocycles. The van der Waals surface area contributed by atoms with Gasteiger partial charge in [-0.2, -0.15) is 0 Å². The van der Waals surface area contributed by atoms with E-state index in [-0.39, 0.29) is 18.0 Å². The van der Waals surface area contributed by atoms with Crippen LogP contribution in [0.15, 0.2) is 53.0 Å². The highest BCUT2D eigenvalue weighted by Crippen LogP contribution is 2.37. The van der Waals surface area contributed by atoms with Crippen molar-refractivity contribution >= 4 is 17.8 Å². The van der Waals surface area contributed by atoms with Crippen molar-refractivity contribution in [2.45, 2.75) is 19.8 Å². The van der Waals surface area contributed by atoms with Gasteiger partial charge >= 0.3 is 5.97 Å². The van der Waals surface area contributed by atoms with Crippen LogP contribution >= 0.6 is 0 Å². The van der Waals surface area contributed by atoms with E-state index in [1.165, 1.54) is 7.11 Å². The van der Waals surface area contributed by atoms with Gasteiger partial charge in [-0.1, -0.05) is 0 Å². The Labute approximate surface area is 172 Å². The number of hydrogen-bond acceptors (Lipinski definition) is 8. The molecule has 0 fully saturated rings. The molecule has 0 bridgehead atoms. The van der Waals surface area contributed by atoms with Crippen LogP contribution in [0.1, 0.15) is 33.7 Å². The van der Waals surface area contributed by atoms with Crippen LogP contribution in [-0.2, 0) is 11.2 Å². The van der Waals surface area contributed by atoms with Crippen LogP contribution in [0.5, 0.6) is 17.4 Å². The highest BCUT2D eigenvalue weighted by molar-refractivity contribution is 6.15. The molecular weight excluding hydrogens is 388 g/mol. The van der Waals surface area contributed by atoms with Crippen molar-refractivity contribution in [1.82, 2.24) is 10.1 Å². The molecule has 3 aromatic rings. The molecule has 0 N–H and O–H groups in total. The van der Waals surface area contributed by atoms with E-state index in [9.17, 15) is 9.59 Å². The number of ketones is 1. The van der Waals surface area contributed by atoms with E-state index in [0.29, 0.717) is 40.7 Å². The second kappa shape index (κ2) is 8.20. The molecule has 0 radical (unpaired) electrons. The Hall–Kier alpha value is -3.94. The van der Waals surface area contributed by atoms with Gasteiger partial charge in [0.25, 0.3) is 5.88 Å². The molecule has 2 aromatic heterocycles. The molecule has 1 aliphatic rings. The van der Waals surface area contributed by atoms with Gasteiger partial charge in [0.05, 0.1) is 19.1 Å². The zero-order valence-electron chi connectivity index (χ0n) is 16.4. The number of fused-ring (bicyclic) bond motifs is 1. The van der Waals surface area contributed by atoms with Crippen LogP contribution in [0.25, 0.3) is 6.08 Å². The molecule has 0 amide bonds. The minimum Gasteiger partial charge on any atom is -0.479 e. The quantitative estimate of drug-likeness (QED) is 0.348. The molecule has 0 unspecified atom stereocenters. The number of pyridine rings is 1. The summed E-state index contributed by atoms with van der Waals surface area (Å²) in [6, 6.07) is 8.35. The Balaban J connectivity index is 1.45. The van der Waals surface area contributed by atoms with Crippen molar-refractivity contribution in [2.24, 2.45) is 0 Å². The fourth-order valence-corrected chi connectivity index (χ4v) is 3.06. The van der Waals surface area contributed by atoms with E-state index < -0.39 is 5.97 Å². The lowest BCUT2D eigenvalue weighted by atomic mass is 10.0. The molecule has 0 saturated heterocycles. The van der Waals surface area contributed by atoms with Crippen molar-refractivity contribution < 1.29 is 28.3 Å². The number of esters is 1. The van der Waals surface area contributed by atoms with Crippen LogP contribution in [0.3, 0.4) is 0 Å². The van der Waals surface area contributed by atoms with Gasteiger partial charge in [-0.25, -0.2) is 0 Å². The maximum atomic E-state index is 12.7. The first-order chi connectivity index (χ1) is 14.5. The van der Waals surface area contributed by atoms with E-state index in [0.717, 1.165) is 5.56 Å². The number of aromatic nitrogens is 2. The van der Waals surface area contributed by atoms with E-state index in [4.69, 9.17) is 18.7 Å². The molecule has 3 heterocycles. The van der Waals surface area contributed by atoms with E-state index in [1.54, 1.807) is 55.7 Å². The average molecular weight is 406 g/mol. The number of methoxy groups -OCH3 is 1. The lowest BCUT2D eigenvalue weighted by molar-refractivity contribution is -0.134. The number of carbonyl (C=O) groups is 2. The Morgan fingerprint density at radius 2 is 2.00 bits per heavy atom. The first-order valence-corrected chi connectivity index (χ1v) is 9.22. The minimum atomic E-state index is -0.443. The summed E-state index contributed by atoms with van der Waals surface area (Å²) in [5, 5.41) is 3.69. The minimum absolute atomic E-state index is 0.0987. The van der Waals surface area contributed by atoms with Crippen LogP contribution in [0, 0.1) is 6.92 Å². The van der Waals surface area contributed by atoms with Crippen molar-refractivity contribution in [3.05, 3.63) is 70.9 Å². The van der Waals surface area contributed by atoms with E-state index in [2.05, 4.69) is 10.1 Å². The molecule has 30 heavy (non-hydrogen) atoms. The maximum absolute atomic E-state index is 12.7. The number of nitrogens with zero attached hydrogens (tertiary/aromatic N) is 2. The predicted molar refractivity (Wildman–Crippen MR) is 105 cm³/mol. The number of benzene rings is 1. The van der Waals surface area contributed by atoms with E-state index in [1.807, 2.05) is 0 Å². The molecular formula is C22H18N2O6. The summed E-state index contributed by atoms with van der Waals surface area (Å²) >= 11 is 0. The molecule has 152 valence electrons. The zero-order valence-corrected chi connectivity index (χ0v) is 16.4.